The molecule has 1 atom stereocenters. The van der Waals surface area contributed by atoms with Crippen molar-refractivity contribution in [3.8, 4) is 0 Å². The van der Waals surface area contributed by atoms with Gasteiger partial charge in [-0.3, -0.25) is 4.98 Å². The number of nitrogens with zero attached hydrogens (tertiary/aromatic N) is 1. The Labute approximate surface area is 93.6 Å². The molecule has 0 aliphatic rings. The predicted octanol–water partition coefficient (Wildman–Crippen LogP) is 2.00. The number of nitrogens with one attached hydrogen (secondary N) is 1. The van der Waals surface area contributed by atoms with Crippen molar-refractivity contribution in [1.82, 2.24) is 10.3 Å². The van der Waals surface area contributed by atoms with Crippen LogP contribution in [-0.2, 0) is 0 Å². The molecule has 0 aromatic carbocycles. The molecule has 0 fully saturated rings. The average molecular weight is 234 g/mol. The third-order valence-corrected chi connectivity index (χ3v) is 2.57. The number of hydrogen-bond acceptors (Lipinski definition) is 3. The summed E-state index contributed by atoms with van der Waals surface area (Å²) in [6.07, 6.45) is 3.91. The Bertz CT molecular complexity index is 284. The van der Waals surface area contributed by atoms with Gasteiger partial charge >= 0.3 is 0 Å². The van der Waals surface area contributed by atoms with Crippen LogP contribution in [0.15, 0.2) is 12.4 Å². The highest BCUT2D eigenvalue weighted by Gasteiger charge is 2.13. The maximum atomic E-state index is 5.96. The number of halogens is 2. The summed E-state index contributed by atoms with van der Waals surface area (Å²) in [5.41, 5.74) is 6.72. The quantitative estimate of drug-likeness (QED) is 0.837. The molecule has 78 valence electrons. The van der Waals surface area contributed by atoms with Gasteiger partial charge in [0, 0.05) is 24.0 Å². The fourth-order valence-electron chi connectivity index (χ4n) is 1.22. The molecule has 1 aromatic heterocycles. The zero-order chi connectivity index (χ0) is 10.6. The molecule has 1 aromatic rings. The minimum Gasteiger partial charge on any atom is -0.324 e. The first-order chi connectivity index (χ1) is 6.66. The predicted molar refractivity (Wildman–Crippen MR) is 59.7 cm³/mol. The Balaban J connectivity index is 2.82. The lowest BCUT2D eigenvalue weighted by Gasteiger charge is -2.14. The Morgan fingerprint density at radius 3 is 2.50 bits per heavy atom. The van der Waals surface area contributed by atoms with Gasteiger partial charge in [-0.15, -0.1) is 0 Å². The maximum Gasteiger partial charge on any atom is 0.0651 e. The van der Waals surface area contributed by atoms with Crippen LogP contribution >= 0.6 is 23.2 Å². The number of nitrogens with two attached hydrogens (primary N) is 1. The van der Waals surface area contributed by atoms with E-state index in [9.17, 15) is 0 Å². The van der Waals surface area contributed by atoms with E-state index >= 15 is 0 Å². The Morgan fingerprint density at radius 1 is 1.43 bits per heavy atom. The van der Waals surface area contributed by atoms with Crippen molar-refractivity contribution >= 4 is 23.2 Å². The van der Waals surface area contributed by atoms with Gasteiger partial charge < -0.3 is 11.1 Å². The largest absolute Gasteiger partial charge is 0.324 e. The normalized spacial score (nSPS) is 12.9. The molecule has 0 saturated carbocycles. The van der Waals surface area contributed by atoms with Gasteiger partial charge in [0.2, 0.25) is 0 Å². The van der Waals surface area contributed by atoms with E-state index in [4.69, 9.17) is 28.9 Å². The van der Waals surface area contributed by atoms with E-state index in [0.717, 1.165) is 18.5 Å². The van der Waals surface area contributed by atoms with Crippen LogP contribution in [0.5, 0.6) is 0 Å². The van der Waals surface area contributed by atoms with Crippen molar-refractivity contribution in [2.75, 3.05) is 13.6 Å². The van der Waals surface area contributed by atoms with Gasteiger partial charge in [-0.2, -0.15) is 0 Å². The molecule has 0 saturated heterocycles. The van der Waals surface area contributed by atoms with Crippen LogP contribution < -0.4 is 11.1 Å². The highest BCUT2D eigenvalue weighted by atomic mass is 35.5. The second kappa shape index (κ2) is 5.51. The summed E-state index contributed by atoms with van der Waals surface area (Å²) in [5.74, 6) is 0. The van der Waals surface area contributed by atoms with Gasteiger partial charge in [-0.05, 0) is 20.0 Å². The molecule has 3 nitrogen and oxygen atoms in total. The second-order valence-electron chi connectivity index (χ2n) is 3.02. The molecule has 0 aliphatic heterocycles. The summed E-state index contributed by atoms with van der Waals surface area (Å²) < 4.78 is 0. The minimum atomic E-state index is -0.148. The second-order valence-corrected chi connectivity index (χ2v) is 3.83. The van der Waals surface area contributed by atoms with Crippen LogP contribution in [0, 0.1) is 0 Å². The SMILES string of the molecule is CNCCC(N)c1c(Cl)cncc1Cl. The Kier molecular flexibility index (Phi) is 4.62. The van der Waals surface area contributed by atoms with Crippen LogP contribution in [0.4, 0.5) is 0 Å². The van der Waals surface area contributed by atoms with Crippen LogP contribution in [0.2, 0.25) is 10.0 Å². The van der Waals surface area contributed by atoms with E-state index in [1.165, 1.54) is 0 Å². The first-order valence-electron chi connectivity index (χ1n) is 4.36. The fraction of sp³-hybridized carbons (Fsp3) is 0.444. The van der Waals surface area contributed by atoms with Crippen molar-refractivity contribution in [3.05, 3.63) is 28.0 Å². The average Bonchev–Trinajstić information content (AvgIpc) is 2.14. The first kappa shape index (κ1) is 11.7. The van der Waals surface area contributed by atoms with E-state index in [2.05, 4.69) is 10.3 Å². The zero-order valence-corrected chi connectivity index (χ0v) is 9.44. The molecule has 3 N–H and O–H groups in total. The molecule has 5 heteroatoms. The van der Waals surface area contributed by atoms with Crippen molar-refractivity contribution in [3.63, 3.8) is 0 Å². The topological polar surface area (TPSA) is 50.9 Å². The van der Waals surface area contributed by atoms with Gasteiger partial charge in [0.05, 0.1) is 10.0 Å². The van der Waals surface area contributed by atoms with Crippen LogP contribution in [0.25, 0.3) is 0 Å². The van der Waals surface area contributed by atoms with Crippen LogP contribution in [0.1, 0.15) is 18.0 Å². The molecule has 0 aliphatic carbocycles. The van der Waals surface area contributed by atoms with Gasteiger partial charge in [0.1, 0.15) is 0 Å². The fourth-order valence-corrected chi connectivity index (χ4v) is 1.86. The van der Waals surface area contributed by atoms with Gasteiger partial charge in [0.25, 0.3) is 0 Å². The molecule has 1 unspecified atom stereocenters. The van der Waals surface area contributed by atoms with Crippen LogP contribution in [-0.4, -0.2) is 18.6 Å². The third-order valence-electron chi connectivity index (χ3n) is 1.97. The standard InChI is InChI=1S/C9H13Cl2N3/c1-13-3-2-8(12)9-6(10)4-14-5-7(9)11/h4-5,8,13H,2-3,12H2,1H3. The highest BCUT2D eigenvalue weighted by molar-refractivity contribution is 6.35. The molecular weight excluding hydrogens is 221 g/mol. The summed E-state index contributed by atoms with van der Waals surface area (Å²) in [4.78, 5) is 3.87. The van der Waals surface area contributed by atoms with Crippen LogP contribution in [0.3, 0.4) is 0 Å². The molecule has 0 spiro atoms. The Morgan fingerprint density at radius 2 is 2.00 bits per heavy atom. The van der Waals surface area contributed by atoms with E-state index in [1.54, 1.807) is 12.4 Å². The summed E-state index contributed by atoms with van der Waals surface area (Å²) in [5, 5.41) is 4.08. The molecule has 0 radical (unpaired) electrons. The molecule has 1 rings (SSSR count). The maximum absolute atomic E-state index is 5.96. The van der Waals surface area contributed by atoms with Gasteiger partial charge in [-0.1, -0.05) is 23.2 Å². The summed E-state index contributed by atoms with van der Waals surface area (Å²) in [6.45, 7) is 0.830. The lowest BCUT2D eigenvalue weighted by molar-refractivity contribution is 0.615. The molecule has 0 bridgehead atoms. The van der Waals surface area contributed by atoms with Crippen molar-refractivity contribution in [2.45, 2.75) is 12.5 Å². The number of pyridine rings is 1. The van der Waals surface area contributed by atoms with E-state index < -0.39 is 0 Å². The number of rotatable bonds is 4. The smallest absolute Gasteiger partial charge is 0.0651 e. The molecular formula is C9H13Cl2N3. The summed E-state index contributed by atoms with van der Waals surface area (Å²) >= 11 is 11.9. The highest BCUT2D eigenvalue weighted by Crippen LogP contribution is 2.29. The number of aromatic nitrogens is 1. The van der Waals surface area contributed by atoms with E-state index in [1.807, 2.05) is 7.05 Å². The Hall–Kier alpha value is -0.350. The molecule has 1 heterocycles. The summed E-state index contributed by atoms with van der Waals surface area (Å²) in [7, 11) is 1.88. The third kappa shape index (κ3) is 2.82. The minimum absolute atomic E-state index is 0.148. The number of hydrogen-bond donors (Lipinski definition) is 2. The van der Waals surface area contributed by atoms with E-state index in [0.29, 0.717) is 10.0 Å². The first-order valence-corrected chi connectivity index (χ1v) is 5.11. The van der Waals surface area contributed by atoms with Crippen molar-refractivity contribution < 1.29 is 0 Å². The lowest BCUT2D eigenvalue weighted by Crippen LogP contribution is -2.18. The van der Waals surface area contributed by atoms with Crippen molar-refractivity contribution in [1.29, 1.82) is 0 Å². The van der Waals surface area contributed by atoms with Crippen molar-refractivity contribution in [2.24, 2.45) is 5.73 Å². The van der Waals surface area contributed by atoms with E-state index in [-0.39, 0.29) is 6.04 Å². The lowest BCUT2D eigenvalue weighted by atomic mass is 10.1. The zero-order valence-electron chi connectivity index (χ0n) is 7.93. The van der Waals surface area contributed by atoms with Gasteiger partial charge in [0.15, 0.2) is 0 Å². The summed E-state index contributed by atoms with van der Waals surface area (Å²) in [6, 6.07) is -0.148. The van der Waals surface area contributed by atoms with Gasteiger partial charge in [-0.25, -0.2) is 0 Å². The molecule has 14 heavy (non-hydrogen) atoms. The molecule has 0 amide bonds. The monoisotopic (exact) mass is 233 g/mol.